The van der Waals surface area contributed by atoms with Crippen molar-refractivity contribution in [1.82, 2.24) is 4.72 Å². The van der Waals surface area contributed by atoms with Crippen molar-refractivity contribution in [2.24, 2.45) is 0 Å². The van der Waals surface area contributed by atoms with Crippen LogP contribution >= 0.6 is 11.6 Å². The Bertz CT molecular complexity index is 1360. The molecule has 1 unspecified atom stereocenters. The predicted octanol–water partition coefficient (Wildman–Crippen LogP) is 6.02. The average Bonchev–Trinajstić information content (AvgIpc) is 2.84. The number of hydrogen-bond acceptors (Lipinski definition) is 4. The Labute approximate surface area is 218 Å². The molecule has 0 bridgehead atoms. The minimum Gasteiger partial charge on any atom is -0.495 e. The van der Waals surface area contributed by atoms with Gasteiger partial charge in [0.1, 0.15) is 16.7 Å². The van der Waals surface area contributed by atoms with Crippen LogP contribution in [0.3, 0.4) is 0 Å². The highest BCUT2D eigenvalue weighted by Crippen LogP contribution is 2.36. The minimum atomic E-state index is -4.74. The summed E-state index contributed by atoms with van der Waals surface area (Å²) >= 11 is 5.67. The number of alkyl halides is 3. The van der Waals surface area contributed by atoms with Crippen molar-refractivity contribution in [3.05, 3.63) is 88.4 Å². The van der Waals surface area contributed by atoms with Crippen LogP contribution in [-0.2, 0) is 27.4 Å². The molecule has 0 saturated carbocycles. The van der Waals surface area contributed by atoms with Gasteiger partial charge in [-0.1, -0.05) is 61.8 Å². The largest absolute Gasteiger partial charge is 0.495 e. The molecule has 6 nitrogen and oxygen atoms in total. The van der Waals surface area contributed by atoms with Gasteiger partial charge in [-0.25, -0.2) is 8.42 Å². The van der Waals surface area contributed by atoms with Crippen LogP contribution < -0.4 is 14.8 Å². The number of amides is 1. The SMILES string of the molecule is COc1ccc(C(C)C)cc1S(=O)(=O)NC(Cc1ccccc1)C(=O)Nc1ccc(Cl)c(C(F)(F)F)c1. The van der Waals surface area contributed by atoms with Crippen molar-refractivity contribution in [1.29, 1.82) is 0 Å². The molecular formula is C26H26ClF3N2O4S. The van der Waals surface area contributed by atoms with E-state index in [0.29, 0.717) is 11.6 Å². The van der Waals surface area contributed by atoms with Gasteiger partial charge in [0.2, 0.25) is 15.9 Å². The molecule has 0 heterocycles. The number of halogens is 4. The van der Waals surface area contributed by atoms with Crippen LogP contribution in [0.1, 0.15) is 36.5 Å². The lowest BCUT2D eigenvalue weighted by Crippen LogP contribution is -2.45. The highest BCUT2D eigenvalue weighted by molar-refractivity contribution is 7.89. The lowest BCUT2D eigenvalue weighted by Gasteiger charge is -2.21. The quantitative estimate of drug-likeness (QED) is 0.339. The molecule has 0 aromatic heterocycles. The third kappa shape index (κ3) is 7.24. The van der Waals surface area contributed by atoms with Gasteiger partial charge in [0.05, 0.1) is 17.7 Å². The van der Waals surface area contributed by atoms with Gasteiger partial charge in [0, 0.05) is 5.69 Å². The van der Waals surface area contributed by atoms with Crippen molar-refractivity contribution in [2.45, 2.75) is 43.3 Å². The summed E-state index contributed by atoms with van der Waals surface area (Å²) in [5.41, 5.74) is 0.0761. The topological polar surface area (TPSA) is 84.5 Å². The third-order valence-electron chi connectivity index (χ3n) is 5.58. The molecule has 2 N–H and O–H groups in total. The number of carbonyl (C=O) groups is 1. The maximum absolute atomic E-state index is 13.4. The molecule has 0 fully saturated rings. The molecule has 0 spiro atoms. The lowest BCUT2D eigenvalue weighted by molar-refractivity contribution is -0.137. The van der Waals surface area contributed by atoms with Crippen LogP contribution in [0.25, 0.3) is 0 Å². The summed E-state index contributed by atoms with van der Waals surface area (Å²) in [5, 5.41) is 1.85. The maximum Gasteiger partial charge on any atom is 0.417 e. The van der Waals surface area contributed by atoms with E-state index in [1.807, 2.05) is 13.8 Å². The van der Waals surface area contributed by atoms with Crippen molar-refractivity contribution >= 4 is 33.2 Å². The first-order valence-electron chi connectivity index (χ1n) is 11.2. The van der Waals surface area contributed by atoms with Crippen molar-refractivity contribution < 1.29 is 31.1 Å². The van der Waals surface area contributed by atoms with E-state index in [1.54, 1.807) is 36.4 Å². The number of sulfonamides is 1. The monoisotopic (exact) mass is 554 g/mol. The first kappa shape index (κ1) is 28.5. The average molecular weight is 555 g/mol. The van der Waals surface area contributed by atoms with Crippen molar-refractivity contribution in [3.8, 4) is 5.75 Å². The van der Waals surface area contributed by atoms with E-state index in [1.165, 1.54) is 25.3 Å². The van der Waals surface area contributed by atoms with Crippen LogP contribution in [0.2, 0.25) is 5.02 Å². The van der Waals surface area contributed by atoms with Gasteiger partial charge in [-0.05, 0) is 53.8 Å². The second kappa shape index (κ2) is 11.5. The Balaban J connectivity index is 1.97. The lowest BCUT2D eigenvalue weighted by atomic mass is 10.0. The predicted molar refractivity (Wildman–Crippen MR) is 136 cm³/mol. The summed E-state index contributed by atoms with van der Waals surface area (Å²) in [7, 11) is -2.96. The molecule has 0 radical (unpaired) electrons. The van der Waals surface area contributed by atoms with E-state index < -0.39 is 38.7 Å². The molecular weight excluding hydrogens is 529 g/mol. The number of hydrogen-bond donors (Lipinski definition) is 2. The Hall–Kier alpha value is -3.08. The fourth-order valence-electron chi connectivity index (χ4n) is 3.60. The third-order valence-corrected chi connectivity index (χ3v) is 7.40. The first-order chi connectivity index (χ1) is 17.3. The number of rotatable bonds is 9. The highest BCUT2D eigenvalue weighted by Gasteiger charge is 2.34. The Morgan fingerprint density at radius 2 is 1.70 bits per heavy atom. The standard InChI is InChI=1S/C26H26ClF3N2O4S/c1-16(2)18-9-12-23(36-3)24(14-18)37(34,35)32-22(13-17-7-5-4-6-8-17)25(33)31-19-10-11-21(27)20(15-19)26(28,29)30/h4-12,14-16,22,32H,13H2,1-3H3,(H,31,33). The maximum atomic E-state index is 13.4. The molecule has 0 aliphatic rings. The summed E-state index contributed by atoms with van der Waals surface area (Å²) < 4.78 is 74.4. The van der Waals surface area contributed by atoms with Crippen LogP contribution in [0.15, 0.2) is 71.6 Å². The zero-order valence-electron chi connectivity index (χ0n) is 20.3. The van der Waals surface area contributed by atoms with Gasteiger partial charge >= 0.3 is 6.18 Å². The minimum absolute atomic E-state index is 0.0241. The van der Waals surface area contributed by atoms with E-state index in [9.17, 15) is 26.4 Å². The van der Waals surface area contributed by atoms with Crippen LogP contribution in [0.4, 0.5) is 18.9 Å². The highest BCUT2D eigenvalue weighted by atomic mass is 35.5. The van der Waals surface area contributed by atoms with Crippen molar-refractivity contribution in [2.75, 3.05) is 12.4 Å². The van der Waals surface area contributed by atoms with Gasteiger partial charge in [-0.3, -0.25) is 4.79 Å². The van der Waals surface area contributed by atoms with E-state index >= 15 is 0 Å². The Morgan fingerprint density at radius 1 is 1.03 bits per heavy atom. The molecule has 0 aliphatic heterocycles. The Kier molecular flexibility index (Phi) is 8.88. The number of ether oxygens (including phenoxy) is 1. The zero-order chi connectivity index (χ0) is 27.4. The Morgan fingerprint density at radius 3 is 2.30 bits per heavy atom. The summed E-state index contributed by atoms with van der Waals surface area (Å²) in [6.07, 6.45) is -4.79. The van der Waals surface area contributed by atoms with E-state index in [0.717, 1.165) is 11.6 Å². The van der Waals surface area contributed by atoms with E-state index in [2.05, 4.69) is 10.0 Å². The number of anilines is 1. The molecule has 1 atom stereocenters. The molecule has 0 saturated heterocycles. The van der Waals surface area contributed by atoms with Gasteiger partial charge < -0.3 is 10.1 Å². The van der Waals surface area contributed by atoms with Gasteiger partial charge in [0.15, 0.2) is 0 Å². The fraction of sp³-hybridized carbons (Fsp3) is 0.269. The summed E-state index contributed by atoms with van der Waals surface area (Å²) in [6, 6.07) is 14.9. The summed E-state index contributed by atoms with van der Waals surface area (Å²) in [5.74, 6) is -0.735. The number of nitrogens with one attached hydrogen (secondary N) is 2. The summed E-state index contributed by atoms with van der Waals surface area (Å²) in [4.78, 5) is 13.1. The molecule has 37 heavy (non-hydrogen) atoms. The van der Waals surface area contributed by atoms with Crippen molar-refractivity contribution in [3.63, 3.8) is 0 Å². The van der Waals surface area contributed by atoms with Crippen LogP contribution in [-0.4, -0.2) is 27.5 Å². The number of benzene rings is 3. The van der Waals surface area contributed by atoms with E-state index in [4.69, 9.17) is 16.3 Å². The van der Waals surface area contributed by atoms with Gasteiger partial charge in [0.25, 0.3) is 0 Å². The summed E-state index contributed by atoms with van der Waals surface area (Å²) in [6.45, 7) is 3.80. The molecule has 0 aliphatic carbocycles. The zero-order valence-corrected chi connectivity index (χ0v) is 21.8. The second-order valence-corrected chi connectivity index (χ2v) is 10.7. The molecule has 3 aromatic rings. The van der Waals surface area contributed by atoms with Gasteiger partial charge in [-0.2, -0.15) is 17.9 Å². The van der Waals surface area contributed by atoms with E-state index in [-0.39, 0.29) is 28.7 Å². The smallest absolute Gasteiger partial charge is 0.417 e. The molecule has 11 heteroatoms. The second-order valence-electron chi connectivity index (χ2n) is 8.61. The molecule has 198 valence electrons. The molecule has 1 amide bonds. The van der Waals surface area contributed by atoms with Crippen LogP contribution in [0.5, 0.6) is 5.75 Å². The fourth-order valence-corrected chi connectivity index (χ4v) is 5.22. The first-order valence-corrected chi connectivity index (χ1v) is 13.1. The number of carbonyl (C=O) groups excluding carboxylic acids is 1. The normalized spacial score (nSPS) is 12.9. The molecule has 3 rings (SSSR count). The molecule has 3 aromatic carbocycles. The van der Waals surface area contributed by atoms with Gasteiger partial charge in [-0.15, -0.1) is 0 Å². The van der Waals surface area contributed by atoms with Crippen LogP contribution in [0, 0.1) is 0 Å². The number of methoxy groups -OCH3 is 1.